The molecule has 31 heavy (non-hydrogen) atoms. The monoisotopic (exact) mass is 438 g/mol. The van der Waals surface area contributed by atoms with Gasteiger partial charge in [-0.25, -0.2) is 0 Å². The third-order valence-electron chi connectivity index (χ3n) is 4.94. The lowest BCUT2D eigenvalue weighted by atomic mass is 10.1. The second kappa shape index (κ2) is 12.2. The zero-order chi connectivity index (χ0) is 21.9. The van der Waals surface area contributed by atoms with Crippen LogP contribution in [-0.2, 0) is 17.8 Å². The van der Waals surface area contributed by atoms with E-state index in [-0.39, 0.29) is 5.91 Å². The predicted octanol–water partition coefficient (Wildman–Crippen LogP) is 4.59. The molecule has 7 heteroatoms. The number of nitrogens with one attached hydrogen (secondary N) is 1. The van der Waals surface area contributed by atoms with Gasteiger partial charge in [0.1, 0.15) is 5.75 Å². The van der Waals surface area contributed by atoms with Crippen LogP contribution in [0, 0.1) is 0 Å². The van der Waals surface area contributed by atoms with Gasteiger partial charge in [0.05, 0.1) is 12.9 Å². The fourth-order valence-electron chi connectivity index (χ4n) is 3.21. The van der Waals surface area contributed by atoms with Crippen LogP contribution in [0.5, 0.6) is 5.75 Å². The van der Waals surface area contributed by atoms with E-state index in [0.29, 0.717) is 12.3 Å². The standard InChI is InChI=1S/C24H30N4O2S/c1-3-4-17-28-23(20-12-14-21(30-2)15-13-20)26-27-24(28)31-18-22(29)25-16-8-11-19-9-6-5-7-10-19/h5-7,9-10,12-15H,3-4,8,11,16-18H2,1-2H3,(H,25,29). The number of hydrogen-bond donors (Lipinski definition) is 1. The molecule has 1 aromatic heterocycles. The number of carbonyl (C=O) groups excluding carboxylic acids is 1. The maximum atomic E-state index is 12.3. The second-order valence-electron chi connectivity index (χ2n) is 7.27. The number of benzene rings is 2. The molecule has 0 aliphatic heterocycles. The lowest BCUT2D eigenvalue weighted by molar-refractivity contribution is -0.118. The first-order valence-electron chi connectivity index (χ1n) is 10.7. The van der Waals surface area contributed by atoms with Crippen molar-refractivity contribution in [2.75, 3.05) is 19.4 Å². The minimum absolute atomic E-state index is 0.0223. The number of thioether (sulfide) groups is 1. The maximum Gasteiger partial charge on any atom is 0.230 e. The molecule has 0 saturated carbocycles. The fourth-order valence-corrected chi connectivity index (χ4v) is 4.01. The highest BCUT2D eigenvalue weighted by atomic mass is 32.2. The summed E-state index contributed by atoms with van der Waals surface area (Å²) in [4.78, 5) is 12.3. The largest absolute Gasteiger partial charge is 0.497 e. The van der Waals surface area contributed by atoms with Gasteiger partial charge in [0.2, 0.25) is 5.91 Å². The Balaban J connectivity index is 1.54. The average Bonchev–Trinajstić information content (AvgIpc) is 3.22. The van der Waals surface area contributed by atoms with Crippen LogP contribution in [0.25, 0.3) is 11.4 Å². The number of ether oxygens (including phenoxy) is 1. The van der Waals surface area contributed by atoms with Crippen LogP contribution in [0.15, 0.2) is 59.8 Å². The molecule has 1 heterocycles. The van der Waals surface area contributed by atoms with Gasteiger partial charge < -0.3 is 14.6 Å². The van der Waals surface area contributed by atoms with Gasteiger partial charge in [0.15, 0.2) is 11.0 Å². The van der Waals surface area contributed by atoms with E-state index in [4.69, 9.17) is 4.74 Å². The van der Waals surface area contributed by atoms with E-state index in [9.17, 15) is 4.79 Å². The number of carbonyl (C=O) groups is 1. The Kier molecular flexibility index (Phi) is 8.97. The topological polar surface area (TPSA) is 69.0 Å². The van der Waals surface area contributed by atoms with Gasteiger partial charge in [0, 0.05) is 18.7 Å². The number of rotatable bonds is 12. The van der Waals surface area contributed by atoms with Crippen molar-refractivity contribution in [3.05, 3.63) is 60.2 Å². The minimum Gasteiger partial charge on any atom is -0.497 e. The van der Waals surface area contributed by atoms with Gasteiger partial charge >= 0.3 is 0 Å². The van der Waals surface area contributed by atoms with Crippen molar-refractivity contribution in [1.29, 1.82) is 0 Å². The quantitative estimate of drug-likeness (QED) is 0.331. The van der Waals surface area contributed by atoms with E-state index < -0.39 is 0 Å². The maximum absolute atomic E-state index is 12.3. The van der Waals surface area contributed by atoms with E-state index in [1.165, 1.54) is 17.3 Å². The van der Waals surface area contributed by atoms with Crippen LogP contribution in [0.1, 0.15) is 31.7 Å². The summed E-state index contributed by atoms with van der Waals surface area (Å²) in [6.45, 7) is 3.66. The lowest BCUT2D eigenvalue weighted by Crippen LogP contribution is -2.26. The molecule has 0 radical (unpaired) electrons. The number of hydrogen-bond acceptors (Lipinski definition) is 5. The number of unbranched alkanes of at least 4 members (excludes halogenated alkanes) is 1. The first-order chi connectivity index (χ1) is 15.2. The zero-order valence-electron chi connectivity index (χ0n) is 18.2. The molecule has 0 atom stereocenters. The molecule has 164 valence electrons. The smallest absolute Gasteiger partial charge is 0.230 e. The van der Waals surface area contributed by atoms with E-state index in [0.717, 1.165) is 54.5 Å². The van der Waals surface area contributed by atoms with Crippen LogP contribution in [0.2, 0.25) is 0 Å². The molecule has 0 spiro atoms. The molecule has 1 amide bonds. The Hall–Kier alpha value is -2.80. The Bertz CT molecular complexity index is 942. The van der Waals surface area contributed by atoms with Crippen LogP contribution >= 0.6 is 11.8 Å². The summed E-state index contributed by atoms with van der Waals surface area (Å²) in [6, 6.07) is 18.1. The summed E-state index contributed by atoms with van der Waals surface area (Å²) in [5, 5.41) is 12.5. The van der Waals surface area contributed by atoms with Crippen LogP contribution in [0.4, 0.5) is 0 Å². The van der Waals surface area contributed by atoms with Crippen molar-refractivity contribution < 1.29 is 9.53 Å². The number of amides is 1. The number of nitrogens with zero attached hydrogens (tertiary/aromatic N) is 3. The van der Waals surface area contributed by atoms with Gasteiger partial charge in [-0.05, 0) is 49.1 Å². The molecular weight excluding hydrogens is 408 g/mol. The molecule has 2 aromatic carbocycles. The molecule has 3 aromatic rings. The number of aryl methyl sites for hydroxylation is 1. The van der Waals surface area contributed by atoms with Gasteiger partial charge in [-0.2, -0.15) is 0 Å². The first kappa shape index (κ1) is 22.9. The summed E-state index contributed by atoms with van der Waals surface area (Å²) < 4.78 is 7.35. The van der Waals surface area contributed by atoms with Crippen LogP contribution < -0.4 is 10.1 Å². The highest BCUT2D eigenvalue weighted by Crippen LogP contribution is 2.26. The summed E-state index contributed by atoms with van der Waals surface area (Å²) in [7, 11) is 1.65. The molecule has 0 bridgehead atoms. The summed E-state index contributed by atoms with van der Waals surface area (Å²) in [5.74, 6) is 1.98. The van der Waals surface area contributed by atoms with E-state index in [2.05, 4.69) is 39.1 Å². The molecule has 0 saturated heterocycles. The van der Waals surface area contributed by atoms with Crippen molar-refractivity contribution >= 4 is 17.7 Å². The summed E-state index contributed by atoms with van der Waals surface area (Å²) >= 11 is 1.44. The third-order valence-corrected chi connectivity index (χ3v) is 5.91. The van der Waals surface area contributed by atoms with Gasteiger partial charge in [-0.15, -0.1) is 10.2 Å². The van der Waals surface area contributed by atoms with Gasteiger partial charge in [-0.3, -0.25) is 4.79 Å². The van der Waals surface area contributed by atoms with Crippen molar-refractivity contribution in [2.45, 2.75) is 44.3 Å². The normalized spacial score (nSPS) is 10.8. The Labute approximate surface area is 188 Å². The second-order valence-corrected chi connectivity index (χ2v) is 8.21. The molecule has 1 N–H and O–H groups in total. The van der Waals surface area contributed by atoms with E-state index >= 15 is 0 Å². The molecular formula is C24H30N4O2S. The number of aromatic nitrogens is 3. The highest BCUT2D eigenvalue weighted by molar-refractivity contribution is 7.99. The predicted molar refractivity (Wildman–Crippen MR) is 125 cm³/mol. The molecule has 6 nitrogen and oxygen atoms in total. The van der Waals surface area contributed by atoms with Crippen molar-refractivity contribution in [3.8, 4) is 17.1 Å². The van der Waals surface area contributed by atoms with Crippen molar-refractivity contribution in [1.82, 2.24) is 20.1 Å². The fraction of sp³-hybridized carbons (Fsp3) is 0.375. The third kappa shape index (κ3) is 6.85. The van der Waals surface area contributed by atoms with E-state index in [1.807, 2.05) is 42.5 Å². The minimum atomic E-state index is 0.0223. The molecule has 0 aliphatic rings. The van der Waals surface area contributed by atoms with E-state index in [1.54, 1.807) is 7.11 Å². The molecule has 3 rings (SSSR count). The van der Waals surface area contributed by atoms with Crippen molar-refractivity contribution in [3.63, 3.8) is 0 Å². The summed E-state index contributed by atoms with van der Waals surface area (Å²) in [6.07, 6.45) is 3.99. The molecule has 0 aliphatic carbocycles. The van der Waals surface area contributed by atoms with Gasteiger partial charge in [0.25, 0.3) is 0 Å². The highest BCUT2D eigenvalue weighted by Gasteiger charge is 2.15. The zero-order valence-corrected chi connectivity index (χ0v) is 19.0. The SMILES string of the molecule is CCCCn1c(SCC(=O)NCCCc2ccccc2)nnc1-c1ccc(OC)cc1. The van der Waals surface area contributed by atoms with Gasteiger partial charge in [-0.1, -0.05) is 55.4 Å². The molecule has 0 fully saturated rings. The summed E-state index contributed by atoms with van der Waals surface area (Å²) in [5.41, 5.74) is 2.28. The average molecular weight is 439 g/mol. The number of methoxy groups -OCH3 is 1. The van der Waals surface area contributed by atoms with Crippen LogP contribution in [-0.4, -0.2) is 40.1 Å². The Morgan fingerprint density at radius 1 is 1.06 bits per heavy atom. The molecule has 0 unspecified atom stereocenters. The first-order valence-corrected chi connectivity index (χ1v) is 11.7. The Morgan fingerprint density at radius 3 is 2.55 bits per heavy atom. The van der Waals surface area contributed by atoms with Crippen molar-refractivity contribution in [2.24, 2.45) is 0 Å². The Morgan fingerprint density at radius 2 is 1.84 bits per heavy atom. The van der Waals surface area contributed by atoms with Crippen LogP contribution in [0.3, 0.4) is 0 Å². The lowest BCUT2D eigenvalue weighted by Gasteiger charge is -2.10.